The molecule has 0 aromatic heterocycles. The van der Waals surface area contributed by atoms with E-state index < -0.39 is 0 Å². The maximum Gasteiger partial charge on any atom is -0.0163 e. The van der Waals surface area contributed by atoms with E-state index in [0.29, 0.717) is 0 Å². The van der Waals surface area contributed by atoms with E-state index in [1.165, 1.54) is 6.42 Å². The minimum Gasteiger partial charge on any atom is -0.0845 e. The first kappa shape index (κ1) is 10.8. The van der Waals surface area contributed by atoms with Crippen molar-refractivity contribution < 1.29 is 0 Å². The minimum atomic E-state index is 0.992. The first-order valence-corrected chi connectivity index (χ1v) is 5.20. The predicted molar refractivity (Wildman–Crippen MR) is 62.8 cm³/mol. The number of hydrogen-bond acceptors (Lipinski definition) is 0. The van der Waals surface area contributed by atoms with Gasteiger partial charge in [-0.1, -0.05) is 54.7 Å². The molecule has 1 rings (SSSR count). The lowest BCUT2D eigenvalue weighted by Gasteiger charge is -1.88. The lowest BCUT2D eigenvalue weighted by atomic mass is 10.2. The molecule has 0 nitrogen and oxygen atoms in total. The van der Waals surface area contributed by atoms with Gasteiger partial charge in [0.1, 0.15) is 0 Å². The predicted octanol–water partition coefficient (Wildman–Crippen LogP) is 4.14. The van der Waals surface area contributed by atoms with E-state index in [9.17, 15) is 0 Å². The van der Waals surface area contributed by atoms with Crippen LogP contribution in [0, 0.1) is 6.08 Å². The molecule has 0 bridgehead atoms. The third-order valence-corrected chi connectivity index (χ3v) is 1.92. The molecule has 0 unspecified atom stereocenters. The molecule has 0 aliphatic heterocycles. The van der Waals surface area contributed by atoms with Crippen molar-refractivity contribution in [2.24, 2.45) is 0 Å². The molecule has 0 heterocycles. The van der Waals surface area contributed by atoms with Crippen molar-refractivity contribution in [2.45, 2.75) is 25.7 Å². The van der Waals surface area contributed by atoms with Gasteiger partial charge in [-0.15, -0.1) is 0 Å². The van der Waals surface area contributed by atoms with Gasteiger partial charge in [-0.3, -0.25) is 0 Å². The van der Waals surface area contributed by atoms with Gasteiger partial charge >= 0.3 is 0 Å². The highest BCUT2D eigenvalue weighted by atomic mass is 13.9. The van der Waals surface area contributed by atoms with Crippen LogP contribution in [0.3, 0.4) is 0 Å². The zero-order valence-corrected chi connectivity index (χ0v) is 8.52. The van der Waals surface area contributed by atoms with E-state index in [1.54, 1.807) is 0 Å². The molecular weight excluding hydrogens is 168 g/mol. The average Bonchev–Trinajstić information content (AvgIpc) is 2.22. The molecular formula is C14H17. The Morgan fingerprint density at radius 3 is 2.50 bits per heavy atom. The Balaban J connectivity index is 2.45. The van der Waals surface area contributed by atoms with Crippen LogP contribution >= 0.6 is 0 Å². The fourth-order valence-corrected chi connectivity index (χ4v) is 1.16. The lowest BCUT2D eigenvalue weighted by Crippen LogP contribution is -1.69. The van der Waals surface area contributed by atoms with Gasteiger partial charge in [0, 0.05) is 0 Å². The van der Waals surface area contributed by atoms with Crippen LogP contribution in [0.4, 0.5) is 0 Å². The molecule has 0 heteroatoms. The van der Waals surface area contributed by atoms with Crippen LogP contribution in [0.25, 0.3) is 0 Å². The van der Waals surface area contributed by atoms with Gasteiger partial charge in [-0.2, -0.15) is 0 Å². The molecule has 1 radical (unpaired) electrons. The smallest absolute Gasteiger partial charge is 0.0163 e. The molecule has 0 fully saturated rings. The fourth-order valence-electron chi connectivity index (χ4n) is 1.16. The van der Waals surface area contributed by atoms with Gasteiger partial charge in [0.2, 0.25) is 0 Å². The monoisotopic (exact) mass is 185 g/mol. The van der Waals surface area contributed by atoms with E-state index in [4.69, 9.17) is 0 Å². The van der Waals surface area contributed by atoms with Crippen molar-refractivity contribution in [3.8, 4) is 0 Å². The molecule has 0 saturated heterocycles. The number of rotatable bonds is 0. The van der Waals surface area contributed by atoms with Crippen LogP contribution in [0.1, 0.15) is 25.7 Å². The maximum atomic E-state index is 3.25. The summed E-state index contributed by atoms with van der Waals surface area (Å²) in [6, 6.07) is 0. The van der Waals surface area contributed by atoms with Crippen LogP contribution in [-0.2, 0) is 0 Å². The van der Waals surface area contributed by atoms with Crippen LogP contribution in [0.2, 0.25) is 0 Å². The molecule has 0 spiro atoms. The summed E-state index contributed by atoms with van der Waals surface area (Å²) in [5.41, 5.74) is 0. The zero-order chi connectivity index (χ0) is 9.90. The van der Waals surface area contributed by atoms with E-state index in [2.05, 4.69) is 54.7 Å². The Bertz CT molecular complexity index is 262. The topological polar surface area (TPSA) is 0 Å². The average molecular weight is 185 g/mol. The molecule has 0 saturated carbocycles. The molecule has 73 valence electrons. The Hall–Kier alpha value is -1.30. The van der Waals surface area contributed by atoms with E-state index in [0.717, 1.165) is 19.3 Å². The third-order valence-electron chi connectivity index (χ3n) is 1.92. The second kappa shape index (κ2) is 8.31. The van der Waals surface area contributed by atoms with Gasteiger partial charge < -0.3 is 0 Å². The Labute approximate surface area is 87.0 Å². The Morgan fingerprint density at radius 1 is 0.786 bits per heavy atom. The highest BCUT2D eigenvalue weighted by molar-refractivity contribution is 5.12. The quantitative estimate of drug-likeness (QED) is 0.532. The maximum absolute atomic E-state index is 3.25. The largest absolute Gasteiger partial charge is 0.0845 e. The van der Waals surface area contributed by atoms with Gasteiger partial charge in [0.05, 0.1) is 0 Å². The third kappa shape index (κ3) is 6.24. The van der Waals surface area contributed by atoms with Crippen molar-refractivity contribution in [2.75, 3.05) is 0 Å². The Kier molecular flexibility index (Phi) is 6.39. The second-order valence-electron chi connectivity index (χ2n) is 3.17. The van der Waals surface area contributed by atoms with E-state index in [1.807, 2.05) is 6.08 Å². The summed E-state index contributed by atoms with van der Waals surface area (Å²) in [7, 11) is 0. The SMILES string of the molecule is [C]1=CC=CCC=CC=CC=CCCC1. The van der Waals surface area contributed by atoms with Gasteiger partial charge in [0.25, 0.3) is 0 Å². The summed E-state index contributed by atoms with van der Waals surface area (Å²) >= 11 is 0. The van der Waals surface area contributed by atoms with Crippen LogP contribution in [0.15, 0.2) is 54.7 Å². The van der Waals surface area contributed by atoms with Gasteiger partial charge in [-0.05, 0) is 31.8 Å². The second-order valence-corrected chi connectivity index (χ2v) is 3.17. The zero-order valence-electron chi connectivity index (χ0n) is 8.52. The summed E-state index contributed by atoms with van der Waals surface area (Å²) < 4.78 is 0. The van der Waals surface area contributed by atoms with Gasteiger partial charge in [-0.25, -0.2) is 0 Å². The van der Waals surface area contributed by atoms with Crippen molar-refractivity contribution in [1.29, 1.82) is 0 Å². The summed E-state index contributed by atoms with van der Waals surface area (Å²) in [5.74, 6) is 0. The molecule has 1 aliphatic carbocycles. The van der Waals surface area contributed by atoms with E-state index >= 15 is 0 Å². The van der Waals surface area contributed by atoms with Crippen molar-refractivity contribution >= 4 is 0 Å². The highest BCUT2D eigenvalue weighted by Crippen LogP contribution is 1.98. The molecule has 0 amide bonds. The standard InChI is InChI=1S/C14H17/c1-2-4-6-8-10-12-14-13-11-9-7-5-3-1/h1-6,9,11,13H,7-8,10,12H2. The number of hydrogen-bond donors (Lipinski definition) is 0. The van der Waals surface area contributed by atoms with Crippen LogP contribution < -0.4 is 0 Å². The molecule has 1 aliphatic rings. The van der Waals surface area contributed by atoms with Crippen molar-refractivity contribution in [1.82, 2.24) is 0 Å². The fraction of sp³-hybridized carbons (Fsp3) is 0.286. The summed E-state index contributed by atoms with van der Waals surface area (Å²) in [5, 5.41) is 0. The van der Waals surface area contributed by atoms with E-state index in [-0.39, 0.29) is 0 Å². The minimum absolute atomic E-state index is 0.992. The Morgan fingerprint density at radius 2 is 1.57 bits per heavy atom. The highest BCUT2D eigenvalue weighted by Gasteiger charge is 1.79. The summed E-state index contributed by atoms with van der Waals surface area (Å²) in [6.07, 6.45) is 26.5. The molecule has 0 N–H and O–H groups in total. The van der Waals surface area contributed by atoms with Crippen molar-refractivity contribution in [3.63, 3.8) is 0 Å². The molecule has 0 aromatic carbocycles. The van der Waals surface area contributed by atoms with Gasteiger partial charge in [0.15, 0.2) is 0 Å². The van der Waals surface area contributed by atoms with Crippen molar-refractivity contribution in [3.05, 3.63) is 60.8 Å². The molecule has 14 heavy (non-hydrogen) atoms. The summed E-state index contributed by atoms with van der Waals surface area (Å²) in [6.45, 7) is 0. The van der Waals surface area contributed by atoms with Crippen LogP contribution in [-0.4, -0.2) is 0 Å². The van der Waals surface area contributed by atoms with Crippen LogP contribution in [0.5, 0.6) is 0 Å². The molecule has 0 atom stereocenters. The molecule has 0 aromatic rings. The summed E-state index contributed by atoms with van der Waals surface area (Å²) in [4.78, 5) is 0. The first-order chi connectivity index (χ1) is 7.00. The normalized spacial score (nSPS) is 18.3. The lowest BCUT2D eigenvalue weighted by molar-refractivity contribution is 0.855. The first-order valence-electron chi connectivity index (χ1n) is 5.20. The number of allylic oxidation sites excluding steroid dienone is 10.